The number of benzene rings is 1. The summed E-state index contributed by atoms with van der Waals surface area (Å²) in [7, 11) is 1.58. The van der Waals surface area contributed by atoms with E-state index in [9.17, 15) is 4.79 Å². The zero-order valence-corrected chi connectivity index (χ0v) is 12.4. The summed E-state index contributed by atoms with van der Waals surface area (Å²) in [5, 5.41) is 1.98. The molecule has 3 nitrogen and oxygen atoms in total. The number of thiophene rings is 1. The van der Waals surface area contributed by atoms with Crippen LogP contribution >= 0.6 is 27.3 Å². The van der Waals surface area contributed by atoms with Gasteiger partial charge in [-0.3, -0.25) is 4.79 Å². The third kappa shape index (κ3) is 2.37. The van der Waals surface area contributed by atoms with Crippen LogP contribution in [0.5, 0.6) is 5.75 Å². The normalized spacial score (nSPS) is 10.8. The first kappa shape index (κ1) is 13.4. The predicted octanol–water partition coefficient (Wildman–Crippen LogP) is 3.34. The van der Waals surface area contributed by atoms with Crippen LogP contribution < -0.4 is 10.5 Å². The Kier molecular flexibility index (Phi) is 4.24. The van der Waals surface area contributed by atoms with Crippen LogP contribution in [0.15, 0.2) is 18.2 Å². The van der Waals surface area contributed by atoms with Gasteiger partial charge in [0.15, 0.2) is 5.75 Å². The summed E-state index contributed by atoms with van der Waals surface area (Å²) in [6.45, 7) is 0. The minimum Gasteiger partial charge on any atom is -0.494 e. The van der Waals surface area contributed by atoms with Crippen molar-refractivity contribution in [2.75, 3.05) is 12.4 Å². The maximum Gasteiger partial charge on any atom is 0.262 e. The molecule has 2 N–H and O–H groups in total. The summed E-state index contributed by atoms with van der Waals surface area (Å²) in [6, 6.07) is 6.07. The summed E-state index contributed by atoms with van der Waals surface area (Å²) in [5.74, 6) is 0.187. The topological polar surface area (TPSA) is 52.3 Å². The fourth-order valence-electron chi connectivity index (χ4n) is 2.01. The molecular formula is C13H14BrNO2S. The van der Waals surface area contributed by atoms with Crippen molar-refractivity contribution in [2.45, 2.75) is 12.8 Å². The molecule has 0 aliphatic heterocycles. The Hall–Kier alpha value is -1.07. The second-order valence-corrected chi connectivity index (χ2v) is 5.76. The van der Waals surface area contributed by atoms with Gasteiger partial charge in [-0.2, -0.15) is 0 Å². The molecule has 96 valence electrons. The van der Waals surface area contributed by atoms with Crippen LogP contribution in [0.3, 0.4) is 0 Å². The van der Waals surface area contributed by atoms with E-state index in [4.69, 9.17) is 10.5 Å². The van der Waals surface area contributed by atoms with Crippen molar-refractivity contribution >= 4 is 43.3 Å². The average Bonchev–Trinajstić information content (AvgIpc) is 2.75. The zero-order valence-electron chi connectivity index (χ0n) is 10.0. The molecule has 0 bridgehead atoms. The summed E-state index contributed by atoms with van der Waals surface area (Å²) in [6.07, 6.45) is 2.00. The lowest BCUT2D eigenvalue weighted by Crippen LogP contribution is -2.09. The van der Waals surface area contributed by atoms with Gasteiger partial charge in [-0.05, 0) is 24.5 Å². The monoisotopic (exact) mass is 327 g/mol. The van der Waals surface area contributed by atoms with Crippen LogP contribution in [-0.2, 0) is 6.42 Å². The maximum atomic E-state index is 11.4. The highest BCUT2D eigenvalue weighted by atomic mass is 79.9. The number of fused-ring (bicyclic) bond motifs is 1. The molecule has 0 atom stereocenters. The molecule has 0 aliphatic carbocycles. The number of hydrogen-bond donors (Lipinski definition) is 1. The number of ether oxygens (including phenoxy) is 1. The number of rotatable bonds is 5. The van der Waals surface area contributed by atoms with E-state index in [1.807, 2.05) is 12.1 Å². The van der Waals surface area contributed by atoms with Crippen molar-refractivity contribution in [1.29, 1.82) is 0 Å². The summed E-state index contributed by atoms with van der Waals surface area (Å²) in [5.41, 5.74) is 6.59. The molecule has 0 saturated heterocycles. The Morgan fingerprint density at radius 3 is 2.89 bits per heavy atom. The summed E-state index contributed by atoms with van der Waals surface area (Å²) >= 11 is 4.83. The van der Waals surface area contributed by atoms with E-state index in [1.54, 1.807) is 7.11 Å². The Morgan fingerprint density at radius 1 is 1.50 bits per heavy atom. The van der Waals surface area contributed by atoms with Crippen LogP contribution in [0.2, 0.25) is 0 Å². The lowest BCUT2D eigenvalue weighted by molar-refractivity contribution is 0.100. The van der Waals surface area contributed by atoms with Crippen LogP contribution in [-0.4, -0.2) is 18.3 Å². The van der Waals surface area contributed by atoms with Crippen molar-refractivity contribution in [2.24, 2.45) is 5.73 Å². The molecule has 1 amide bonds. The largest absolute Gasteiger partial charge is 0.494 e. The number of alkyl halides is 1. The molecule has 18 heavy (non-hydrogen) atoms. The van der Waals surface area contributed by atoms with Gasteiger partial charge in [0.25, 0.3) is 5.91 Å². The van der Waals surface area contributed by atoms with Gasteiger partial charge in [-0.1, -0.05) is 28.1 Å². The Bertz CT molecular complexity index is 580. The van der Waals surface area contributed by atoms with Gasteiger partial charge in [-0.15, -0.1) is 11.3 Å². The SMILES string of the molecule is COc1c(C(N)=O)sc2cccc(CCCBr)c12. The molecule has 0 saturated carbocycles. The number of primary amides is 1. The molecule has 0 aliphatic rings. The smallest absolute Gasteiger partial charge is 0.262 e. The third-order valence-corrected chi connectivity index (χ3v) is 4.48. The first-order valence-corrected chi connectivity index (χ1v) is 7.57. The van der Waals surface area contributed by atoms with Crippen molar-refractivity contribution in [1.82, 2.24) is 0 Å². The van der Waals surface area contributed by atoms with Gasteiger partial charge < -0.3 is 10.5 Å². The Morgan fingerprint density at radius 2 is 2.28 bits per heavy atom. The van der Waals surface area contributed by atoms with Crippen LogP contribution in [0.1, 0.15) is 21.7 Å². The molecule has 5 heteroatoms. The molecule has 2 aromatic rings. The minimum atomic E-state index is -0.431. The molecule has 1 heterocycles. The predicted molar refractivity (Wildman–Crippen MR) is 79.0 cm³/mol. The van der Waals surface area contributed by atoms with E-state index in [0.717, 1.165) is 28.3 Å². The first-order chi connectivity index (χ1) is 8.69. The molecule has 2 rings (SSSR count). The fourth-order valence-corrected chi connectivity index (χ4v) is 3.36. The molecule has 0 spiro atoms. The second-order valence-electron chi connectivity index (χ2n) is 3.91. The number of halogens is 1. The van der Waals surface area contributed by atoms with E-state index in [0.29, 0.717) is 10.6 Å². The molecule has 1 aromatic heterocycles. The highest BCUT2D eigenvalue weighted by molar-refractivity contribution is 9.09. The van der Waals surface area contributed by atoms with Crippen LogP contribution in [0.25, 0.3) is 10.1 Å². The van der Waals surface area contributed by atoms with Gasteiger partial charge in [0, 0.05) is 15.4 Å². The zero-order chi connectivity index (χ0) is 13.1. The highest BCUT2D eigenvalue weighted by Gasteiger charge is 2.19. The minimum absolute atomic E-state index is 0.431. The second kappa shape index (κ2) is 5.71. The summed E-state index contributed by atoms with van der Waals surface area (Å²) < 4.78 is 6.43. The van der Waals surface area contributed by atoms with Crippen molar-refractivity contribution in [3.05, 3.63) is 28.6 Å². The standard InChI is InChI=1S/C13H14BrNO2S/c1-17-11-10-8(5-3-7-14)4-2-6-9(10)18-12(11)13(15)16/h2,4,6H,3,5,7H2,1H3,(H2,15,16). The fraction of sp³-hybridized carbons (Fsp3) is 0.308. The Labute approximate surface area is 118 Å². The van der Waals surface area contributed by atoms with Gasteiger partial charge in [-0.25, -0.2) is 0 Å². The molecule has 1 aromatic carbocycles. The van der Waals surface area contributed by atoms with Gasteiger partial charge in [0.2, 0.25) is 0 Å². The van der Waals surface area contributed by atoms with Crippen molar-refractivity contribution in [3.63, 3.8) is 0 Å². The van der Waals surface area contributed by atoms with Gasteiger partial charge in [0.05, 0.1) is 7.11 Å². The first-order valence-electron chi connectivity index (χ1n) is 5.63. The number of hydrogen-bond acceptors (Lipinski definition) is 3. The van der Waals surface area contributed by atoms with E-state index in [1.165, 1.54) is 16.9 Å². The number of nitrogens with two attached hydrogens (primary N) is 1. The number of aryl methyl sites for hydroxylation is 1. The number of carbonyl (C=O) groups is 1. The van der Waals surface area contributed by atoms with Crippen molar-refractivity contribution in [3.8, 4) is 5.75 Å². The molecule has 0 fully saturated rings. The van der Waals surface area contributed by atoms with E-state index >= 15 is 0 Å². The lowest BCUT2D eigenvalue weighted by atomic mass is 10.0. The van der Waals surface area contributed by atoms with Gasteiger partial charge in [0.1, 0.15) is 4.88 Å². The quantitative estimate of drug-likeness (QED) is 0.856. The maximum absolute atomic E-state index is 11.4. The van der Waals surface area contributed by atoms with E-state index < -0.39 is 5.91 Å². The van der Waals surface area contributed by atoms with Crippen molar-refractivity contribution < 1.29 is 9.53 Å². The van der Waals surface area contributed by atoms with Gasteiger partial charge >= 0.3 is 0 Å². The number of methoxy groups -OCH3 is 1. The summed E-state index contributed by atoms with van der Waals surface area (Å²) in [4.78, 5) is 11.9. The average molecular weight is 328 g/mol. The Balaban J connectivity index is 2.62. The van der Waals surface area contributed by atoms with E-state index in [-0.39, 0.29) is 0 Å². The third-order valence-electron chi connectivity index (χ3n) is 2.77. The molecule has 0 unspecified atom stereocenters. The highest BCUT2D eigenvalue weighted by Crippen LogP contribution is 2.39. The number of carbonyl (C=O) groups excluding carboxylic acids is 1. The van der Waals surface area contributed by atoms with Crippen LogP contribution in [0.4, 0.5) is 0 Å². The van der Waals surface area contributed by atoms with Crippen LogP contribution in [0, 0.1) is 0 Å². The molecular weight excluding hydrogens is 314 g/mol. The van der Waals surface area contributed by atoms with E-state index in [2.05, 4.69) is 22.0 Å². The molecule has 0 radical (unpaired) electrons. The lowest BCUT2D eigenvalue weighted by Gasteiger charge is -2.05. The number of amides is 1.